The Morgan fingerprint density at radius 3 is 1.89 bits per heavy atom. The van der Waals surface area contributed by atoms with Crippen molar-refractivity contribution < 1.29 is 116 Å². The molecule has 3 aromatic carbocycles. The fourth-order valence-electron chi connectivity index (χ4n) is 14.6. The number of carboxylic acids is 1. The number of nitrogens with one attached hydrogen (secondary N) is 6. The highest BCUT2D eigenvalue weighted by Gasteiger charge is 2.54. The van der Waals surface area contributed by atoms with Crippen LogP contribution in [-0.4, -0.2) is 286 Å². The van der Waals surface area contributed by atoms with E-state index in [4.69, 9.17) is 61.8 Å². The predicted molar refractivity (Wildman–Crippen MR) is 439 cm³/mol. The molecule has 0 aliphatic carbocycles. The van der Waals surface area contributed by atoms with Gasteiger partial charge < -0.3 is 119 Å². The highest BCUT2D eigenvalue weighted by Crippen LogP contribution is 2.49. The molecule has 120 heavy (non-hydrogen) atoms. The number of cyclic esters (lactones) is 1. The summed E-state index contributed by atoms with van der Waals surface area (Å²) in [4.78, 5) is 115. The van der Waals surface area contributed by atoms with Crippen LogP contribution in [0.1, 0.15) is 119 Å². The molecule has 0 spiro atoms. The predicted octanol–water partition coefficient (Wildman–Crippen LogP) is 4.39. The summed E-state index contributed by atoms with van der Waals surface area (Å²) in [6, 6.07) is 15.3. The second-order valence-electron chi connectivity index (χ2n) is 30.5. The van der Waals surface area contributed by atoms with Crippen LogP contribution in [0, 0.1) is 5.92 Å². The third-order valence-corrected chi connectivity index (χ3v) is 21.2. The Hall–Kier alpha value is -9.41. The number of amides is 5. The third kappa shape index (κ3) is 24.1. The molecule has 5 aliphatic heterocycles. The number of carbonyl (C=O) groups is 8. The molecule has 0 saturated carbocycles. The van der Waals surface area contributed by atoms with Crippen LogP contribution in [0.4, 0.5) is 11.4 Å². The average molecular weight is 1680 g/mol. The van der Waals surface area contributed by atoms with Gasteiger partial charge in [-0.25, -0.2) is 29.4 Å². The summed E-state index contributed by atoms with van der Waals surface area (Å²) in [5.74, 6) is -6.82. The van der Waals surface area contributed by atoms with Crippen molar-refractivity contribution in [2.24, 2.45) is 5.92 Å². The zero-order valence-electron chi connectivity index (χ0n) is 70.0. The number of aliphatic hydroxyl groups is 3. The largest absolute Gasteiger partial charge is 0.479 e. The van der Waals surface area contributed by atoms with Gasteiger partial charge in [-0.05, 0) is 92.2 Å². The molecule has 35 nitrogen and oxygen atoms in total. The maximum absolute atomic E-state index is 14.9. The fourth-order valence-corrected chi connectivity index (χ4v) is 14.6. The number of aliphatic carboxylic acids is 1. The Balaban J connectivity index is 0.579. The van der Waals surface area contributed by atoms with E-state index in [2.05, 4.69) is 66.9 Å². The molecule has 5 aromatic rings. The molecule has 2 aromatic heterocycles. The normalized spacial score (nSPS) is 19.6. The van der Waals surface area contributed by atoms with Crippen molar-refractivity contribution in [3.63, 3.8) is 0 Å². The van der Waals surface area contributed by atoms with Gasteiger partial charge in [0.25, 0.3) is 0 Å². The number of benzene rings is 3. The number of ether oxygens (including phenoxy) is 12. The van der Waals surface area contributed by atoms with Crippen molar-refractivity contribution in [1.29, 1.82) is 0 Å². The number of hydrogen-bond acceptors (Lipinski definition) is 28. The van der Waals surface area contributed by atoms with Crippen LogP contribution in [0.5, 0.6) is 5.75 Å². The van der Waals surface area contributed by atoms with Gasteiger partial charge in [0.2, 0.25) is 41.4 Å². The van der Waals surface area contributed by atoms with Crippen LogP contribution >= 0.6 is 0 Å². The highest BCUT2D eigenvalue weighted by atomic mass is 16.7. The Kier molecular flexibility index (Phi) is 34.8. The number of para-hydroxylation sites is 1. The molecule has 1 fully saturated rings. The Morgan fingerprint density at radius 1 is 0.650 bits per heavy atom. The number of hydrogen-bond donors (Lipinski definition) is 10. The molecule has 8 atom stereocenters. The number of aromatic nitrogens is 2. The molecule has 0 bridgehead atoms. The van der Waals surface area contributed by atoms with Crippen LogP contribution in [0.2, 0.25) is 0 Å². The summed E-state index contributed by atoms with van der Waals surface area (Å²) in [7, 11) is 4.09. The number of carboxylic acid groups (broad SMARTS) is 1. The van der Waals surface area contributed by atoms with Crippen molar-refractivity contribution in [2.75, 3.05) is 150 Å². The maximum atomic E-state index is 14.9. The first-order chi connectivity index (χ1) is 57.7. The lowest BCUT2D eigenvalue weighted by Gasteiger charge is -2.41. The number of pyridine rings is 1. The number of aryl methyl sites for hydroxylation is 1. The average Bonchev–Trinajstić information content (AvgIpc) is 1.48. The molecule has 1 saturated heterocycles. The van der Waals surface area contributed by atoms with E-state index < -0.39 is 101 Å². The number of esters is 2. The van der Waals surface area contributed by atoms with Crippen LogP contribution in [0.25, 0.3) is 27.5 Å². The third-order valence-electron chi connectivity index (χ3n) is 21.2. The van der Waals surface area contributed by atoms with E-state index in [9.17, 15) is 58.8 Å². The van der Waals surface area contributed by atoms with Crippen molar-refractivity contribution in [3.05, 3.63) is 124 Å². The minimum Gasteiger partial charge on any atom is -0.479 e. The van der Waals surface area contributed by atoms with Gasteiger partial charge in [-0.2, -0.15) is 0 Å². The van der Waals surface area contributed by atoms with Gasteiger partial charge in [-0.1, -0.05) is 66.3 Å². The van der Waals surface area contributed by atoms with Gasteiger partial charge in [0.1, 0.15) is 48.3 Å². The summed E-state index contributed by atoms with van der Waals surface area (Å²) in [5.41, 5.74) is 6.94. The molecule has 7 heterocycles. The molecule has 656 valence electrons. The second-order valence-corrected chi connectivity index (χ2v) is 30.5. The lowest BCUT2D eigenvalue weighted by Crippen LogP contribution is -2.61. The first kappa shape index (κ1) is 92.9. The first-order valence-corrected chi connectivity index (χ1v) is 41.1. The summed E-state index contributed by atoms with van der Waals surface area (Å²) in [5, 5.41) is 66.1. The van der Waals surface area contributed by atoms with E-state index in [1.165, 1.54) is 24.2 Å². The number of hydrazine groups is 1. The monoisotopic (exact) mass is 1680 g/mol. The first-order valence-electron chi connectivity index (χ1n) is 41.1. The van der Waals surface area contributed by atoms with E-state index in [1.807, 2.05) is 68.4 Å². The molecule has 5 amide bonds. The van der Waals surface area contributed by atoms with Crippen LogP contribution in [0.15, 0.2) is 90.2 Å². The fraction of sp³-hybridized carbons (Fsp3) is 0.565. The van der Waals surface area contributed by atoms with E-state index >= 15 is 0 Å². The Morgan fingerprint density at radius 2 is 1.27 bits per heavy atom. The van der Waals surface area contributed by atoms with Crippen LogP contribution < -0.4 is 36.6 Å². The Bertz CT molecular complexity index is 4470. The molecular formula is C85H117N11O24. The number of rotatable bonds is 49. The zero-order chi connectivity index (χ0) is 86.2. The lowest BCUT2D eigenvalue weighted by atomic mass is 9.81. The standard InChI is InChI=1S/C85H117N11O24/c1-11-15-71(98)89-55-19-21-66-60(44-55)61-47-93(9)94(10)49-68(61)95(66)27-23-70(97)87-26-29-110-31-33-112-35-37-114-39-41-116-43-42-115-40-38-113-36-34-111-32-30-109-28-24-72(99)92-73(51(3)4)80(104)88-53(7)79(103)90-56-18-20-59(69(45-56)118-83-77(102)75(100)76(101)78(119-83)81(105)106)82(107)120-85(12-2)64-46-67-74-62(48-96(67)54(8)63(64)50-117-84(85)108)57(22-25-86-52(5)6)58-16-13-14-17-65(58)91-74/h13-14,16-21,44-46,51-53,73,75-78,83,86,100-102H,8,11-12,15,22-43,47-50H2,1-7,9-10H3,(H,87,97)(H,88,104)(H,89,98)(H,90,103)(H,92,99)(H,105,106)/t53-,73-,75-,76-,77+,78-,83+,85-/m0/s1. The number of fused-ring (bicyclic) bond motifs is 7. The summed E-state index contributed by atoms with van der Waals surface area (Å²) in [6.07, 6.45) is -6.76. The topological polar surface area (TPSA) is 428 Å². The highest BCUT2D eigenvalue weighted by molar-refractivity contribution is 6.02. The summed E-state index contributed by atoms with van der Waals surface area (Å²) >= 11 is 0. The molecule has 5 aliphatic rings. The minimum absolute atomic E-state index is 0.00575. The second kappa shape index (κ2) is 44.9. The van der Waals surface area contributed by atoms with Gasteiger partial charge in [0.15, 0.2) is 6.10 Å². The number of nitrogens with zero attached hydrogens (tertiary/aromatic N) is 5. The molecule has 0 radical (unpaired) electrons. The van der Waals surface area contributed by atoms with Crippen molar-refractivity contribution in [2.45, 2.75) is 168 Å². The zero-order valence-corrected chi connectivity index (χ0v) is 70.0. The number of carbonyl (C=O) groups excluding carboxylic acids is 7. The van der Waals surface area contributed by atoms with E-state index in [1.54, 1.807) is 26.8 Å². The smallest absolute Gasteiger partial charge is 0.355 e. The van der Waals surface area contributed by atoms with Gasteiger partial charge in [0, 0.05) is 121 Å². The van der Waals surface area contributed by atoms with Crippen molar-refractivity contribution >= 4 is 86.3 Å². The maximum Gasteiger partial charge on any atom is 0.355 e. The minimum atomic E-state index is -2.12. The van der Waals surface area contributed by atoms with E-state index in [0.29, 0.717) is 161 Å². The lowest BCUT2D eigenvalue weighted by molar-refractivity contribution is -0.271. The number of aliphatic hydroxyl groups excluding tert-OH is 3. The van der Waals surface area contributed by atoms with Crippen LogP contribution in [-0.2, 0) is 118 Å². The van der Waals surface area contributed by atoms with Gasteiger partial charge >= 0.3 is 17.9 Å². The summed E-state index contributed by atoms with van der Waals surface area (Å²) < 4.78 is 70.5. The molecular weight excluding hydrogens is 1560 g/mol. The molecule has 35 heteroatoms. The molecule has 0 unspecified atom stereocenters. The van der Waals surface area contributed by atoms with Gasteiger partial charge in [0.05, 0.1) is 136 Å². The number of anilines is 2. The molecule has 10 N–H and O–H groups in total. The van der Waals surface area contributed by atoms with Crippen molar-refractivity contribution in [3.8, 4) is 5.75 Å². The SMILES string of the molecule is C=C1C2=C(C=C3c4nc5ccccc5c(CCNC(C)C)c4CN13)[C@](CC)(OC(=O)c1ccc(NC(=O)[C@H](C)NC(=O)[C@@H](NC(=O)CCOCCOCCOCCOCCOCCOCCOCCOCCNC(=O)CCn3c4c(c5cc(NC(=O)CCC)ccc53)CN(C)N(C)C4)C(C)C)cc1O[C@@H]1O[C@H](C(=O)O)[C@@H](O)[C@H](O)[C@H]1O)C(=O)OC2. The van der Waals surface area contributed by atoms with Gasteiger partial charge in [-0.3, -0.25) is 24.0 Å². The Labute approximate surface area is 697 Å². The van der Waals surface area contributed by atoms with Crippen molar-refractivity contribution in [1.82, 2.24) is 45.7 Å². The van der Waals surface area contributed by atoms with Gasteiger partial charge in [-0.15, -0.1) is 0 Å². The van der Waals surface area contributed by atoms with E-state index in [0.717, 1.165) is 63.7 Å². The molecule has 10 rings (SSSR count). The van der Waals surface area contributed by atoms with Crippen LogP contribution in [0.3, 0.4) is 0 Å². The van der Waals surface area contributed by atoms with E-state index in [-0.39, 0.29) is 68.4 Å². The summed E-state index contributed by atoms with van der Waals surface area (Å²) in [6.45, 7) is 25.5. The quantitative estimate of drug-likeness (QED) is 0.0191.